The lowest BCUT2D eigenvalue weighted by Gasteiger charge is -2.14. The number of benzene rings is 1. The van der Waals surface area contributed by atoms with Crippen LogP contribution in [0.4, 0.5) is 0 Å². The lowest BCUT2D eigenvalue weighted by molar-refractivity contribution is 0.417. The Morgan fingerprint density at radius 3 is 2.75 bits per heavy atom. The maximum Gasteiger partial charge on any atom is 0.128 e. The number of hydrogen-bond donors (Lipinski definition) is 0. The maximum absolute atomic E-state index is 9.01. The van der Waals surface area contributed by atoms with Crippen LogP contribution < -0.4 is 4.74 Å². The quantitative estimate of drug-likeness (QED) is 0.731. The number of fused-ring (bicyclic) bond motifs is 1. The molecule has 0 amide bonds. The van der Waals surface area contributed by atoms with Crippen molar-refractivity contribution in [2.24, 2.45) is 5.41 Å². The van der Waals surface area contributed by atoms with Crippen molar-refractivity contribution in [2.75, 3.05) is 7.11 Å². The summed E-state index contributed by atoms with van der Waals surface area (Å²) in [6, 6.07) is 10.6. The third-order valence-electron chi connectivity index (χ3n) is 3.75. The largest absolute Gasteiger partial charge is 0.496 e. The van der Waals surface area contributed by atoms with Gasteiger partial charge < -0.3 is 9.30 Å². The molecule has 1 aromatic heterocycles. The summed E-state index contributed by atoms with van der Waals surface area (Å²) in [4.78, 5) is 0. The van der Waals surface area contributed by atoms with Crippen LogP contribution >= 0.6 is 0 Å². The Hall–Kier alpha value is -1.95. The van der Waals surface area contributed by atoms with Gasteiger partial charge in [0.2, 0.25) is 0 Å². The van der Waals surface area contributed by atoms with E-state index in [0.29, 0.717) is 0 Å². The van der Waals surface area contributed by atoms with E-state index in [1.165, 1.54) is 5.52 Å². The Balaban J connectivity index is 2.00. The molecular formula is C17H22N2O. The van der Waals surface area contributed by atoms with Gasteiger partial charge in [-0.25, -0.2) is 0 Å². The summed E-state index contributed by atoms with van der Waals surface area (Å²) in [6.45, 7) is 4.99. The van der Waals surface area contributed by atoms with Crippen molar-refractivity contribution in [2.45, 2.75) is 39.7 Å². The van der Waals surface area contributed by atoms with E-state index in [9.17, 15) is 0 Å². The molecular weight excluding hydrogens is 248 g/mol. The normalized spacial score (nSPS) is 11.5. The second kappa shape index (κ2) is 6.00. The second-order valence-corrected chi connectivity index (χ2v) is 5.85. The first-order chi connectivity index (χ1) is 9.57. The van der Waals surface area contributed by atoms with E-state index in [1.807, 2.05) is 26.0 Å². The zero-order valence-corrected chi connectivity index (χ0v) is 12.5. The molecule has 20 heavy (non-hydrogen) atoms. The molecule has 0 fully saturated rings. The van der Waals surface area contributed by atoms with Gasteiger partial charge >= 0.3 is 0 Å². The van der Waals surface area contributed by atoms with Crippen molar-refractivity contribution in [3.8, 4) is 11.8 Å². The predicted octanol–water partition coefficient (Wildman–Crippen LogP) is 4.37. The van der Waals surface area contributed by atoms with Crippen LogP contribution in [0.25, 0.3) is 10.9 Å². The molecule has 1 aromatic carbocycles. The lowest BCUT2D eigenvalue weighted by atomic mass is 9.89. The fourth-order valence-electron chi connectivity index (χ4n) is 2.47. The highest BCUT2D eigenvalue weighted by atomic mass is 16.5. The molecule has 2 aromatic rings. The van der Waals surface area contributed by atoms with Crippen LogP contribution in [-0.2, 0) is 6.54 Å². The van der Waals surface area contributed by atoms with Crippen molar-refractivity contribution in [1.29, 1.82) is 5.26 Å². The van der Waals surface area contributed by atoms with E-state index in [2.05, 4.69) is 29.0 Å². The van der Waals surface area contributed by atoms with Crippen LogP contribution in [0.5, 0.6) is 5.75 Å². The molecule has 1 heterocycles. The summed E-state index contributed by atoms with van der Waals surface area (Å²) >= 11 is 0. The molecule has 3 heteroatoms. The highest BCUT2D eigenvalue weighted by molar-refractivity contribution is 5.86. The molecule has 0 atom stereocenters. The van der Waals surface area contributed by atoms with Crippen molar-refractivity contribution in [1.82, 2.24) is 4.57 Å². The van der Waals surface area contributed by atoms with Gasteiger partial charge in [-0.05, 0) is 44.9 Å². The van der Waals surface area contributed by atoms with Crippen molar-refractivity contribution in [3.05, 3.63) is 30.5 Å². The van der Waals surface area contributed by atoms with Crippen molar-refractivity contribution < 1.29 is 4.74 Å². The fourth-order valence-corrected chi connectivity index (χ4v) is 2.47. The second-order valence-electron chi connectivity index (χ2n) is 5.85. The first-order valence-corrected chi connectivity index (χ1v) is 7.10. The molecule has 0 bridgehead atoms. The fraction of sp³-hybridized carbons (Fsp3) is 0.471. The molecule has 0 unspecified atom stereocenters. The maximum atomic E-state index is 9.01. The zero-order valence-electron chi connectivity index (χ0n) is 12.5. The molecule has 2 rings (SSSR count). The third kappa shape index (κ3) is 3.14. The van der Waals surface area contributed by atoms with Crippen LogP contribution in [0.2, 0.25) is 0 Å². The molecule has 0 saturated heterocycles. The predicted molar refractivity (Wildman–Crippen MR) is 81.7 cm³/mol. The first kappa shape index (κ1) is 14.5. The van der Waals surface area contributed by atoms with E-state index in [-0.39, 0.29) is 5.41 Å². The van der Waals surface area contributed by atoms with Gasteiger partial charge in [-0.15, -0.1) is 0 Å². The minimum atomic E-state index is -0.206. The van der Waals surface area contributed by atoms with Gasteiger partial charge in [0.25, 0.3) is 0 Å². The van der Waals surface area contributed by atoms with Gasteiger partial charge in [0.15, 0.2) is 0 Å². The minimum Gasteiger partial charge on any atom is -0.496 e. The van der Waals surface area contributed by atoms with E-state index in [4.69, 9.17) is 10.00 Å². The van der Waals surface area contributed by atoms with Gasteiger partial charge in [-0.2, -0.15) is 5.26 Å². The molecule has 0 spiro atoms. The average Bonchev–Trinajstić information content (AvgIpc) is 2.87. The Labute approximate surface area is 120 Å². The Morgan fingerprint density at radius 1 is 1.25 bits per heavy atom. The number of aryl methyl sites for hydroxylation is 1. The SMILES string of the molecule is COc1cccc2c1ccn2CCCCC(C)(C)C#N. The van der Waals surface area contributed by atoms with Crippen LogP contribution in [0, 0.1) is 16.7 Å². The van der Waals surface area contributed by atoms with Crippen LogP contribution in [0.15, 0.2) is 30.5 Å². The van der Waals surface area contributed by atoms with Gasteiger partial charge in [0.1, 0.15) is 5.75 Å². The smallest absolute Gasteiger partial charge is 0.128 e. The number of rotatable bonds is 6. The molecule has 0 aliphatic rings. The summed E-state index contributed by atoms with van der Waals surface area (Å²) in [7, 11) is 1.70. The standard InChI is InChI=1S/C17H22N2O/c1-17(2,13-18)10-4-5-11-19-12-9-14-15(19)7-6-8-16(14)20-3/h6-9,12H,4-5,10-11H2,1-3H3. The van der Waals surface area contributed by atoms with Crippen molar-refractivity contribution in [3.63, 3.8) is 0 Å². The zero-order chi connectivity index (χ0) is 14.6. The van der Waals surface area contributed by atoms with Crippen LogP contribution in [0.3, 0.4) is 0 Å². The van der Waals surface area contributed by atoms with Gasteiger partial charge in [0, 0.05) is 18.1 Å². The van der Waals surface area contributed by atoms with Crippen LogP contribution in [-0.4, -0.2) is 11.7 Å². The monoisotopic (exact) mass is 270 g/mol. The van der Waals surface area contributed by atoms with Crippen molar-refractivity contribution >= 4 is 10.9 Å². The Morgan fingerprint density at radius 2 is 2.05 bits per heavy atom. The van der Waals surface area contributed by atoms with E-state index >= 15 is 0 Å². The average molecular weight is 270 g/mol. The van der Waals surface area contributed by atoms with Crippen LogP contribution in [0.1, 0.15) is 33.1 Å². The molecule has 0 aliphatic carbocycles. The highest BCUT2D eigenvalue weighted by Gasteiger charge is 2.15. The number of nitriles is 1. The number of hydrogen-bond acceptors (Lipinski definition) is 2. The number of aromatic nitrogens is 1. The molecule has 0 saturated carbocycles. The molecule has 0 radical (unpaired) electrons. The summed E-state index contributed by atoms with van der Waals surface area (Å²) in [6.07, 6.45) is 5.23. The highest BCUT2D eigenvalue weighted by Crippen LogP contribution is 2.27. The van der Waals surface area contributed by atoms with Gasteiger partial charge in [-0.3, -0.25) is 0 Å². The summed E-state index contributed by atoms with van der Waals surface area (Å²) in [5.41, 5.74) is 1.01. The van der Waals surface area contributed by atoms with Gasteiger partial charge in [-0.1, -0.05) is 12.5 Å². The van der Waals surface area contributed by atoms with Gasteiger partial charge in [0.05, 0.1) is 24.1 Å². The summed E-state index contributed by atoms with van der Waals surface area (Å²) in [5, 5.41) is 10.2. The molecule has 0 N–H and O–H groups in total. The number of ether oxygens (including phenoxy) is 1. The number of nitrogens with zero attached hydrogens (tertiary/aromatic N) is 2. The third-order valence-corrected chi connectivity index (χ3v) is 3.75. The topological polar surface area (TPSA) is 38.0 Å². The Kier molecular flexibility index (Phi) is 4.34. The minimum absolute atomic E-state index is 0.206. The Bertz CT molecular complexity index is 619. The number of unbranched alkanes of at least 4 members (excludes halogenated alkanes) is 1. The van der Waals surface area contributed by atoms with E-state index in [0.717, 1.165) is 36.9 Å². The van der Waals surface area contributed by atoms with E-state index < -0.39 is 0 Å². The molecule has 106 valence electrons. The first-order valence-electron chi connectivity index (χ1n) is 7.10. The molecule has 3 nitrogen and oxygen atoms in total. The summed E-state index contributed by atoms with van der Waals surface area (Å²) < 4.78 is 7.64. The lowest BCUT2D eigenvalue weighted by Crippen LogP contribution is -2.08. The molecule has 0 aliphatic heterocycles. The summed E-state index contributed by atoms with van der Waals surface area (Å²) in [5.74, 6) is 0.923. The number of methoxy groups -OCH3 is 1. The van der Waals surface area contributed by atoms with E-state index in [1.54, 1.807) is 7.11 Å².